The molecular formula is C25H39NO5Si. The molecule has 1 aromatic carbocycles. The Morgan fingerprint density at radius 2 is 1.62 bits per heavy atom. The lowest BCUT2D eigenvalue weighted by molar-refractivity contribution is -0.160. The number of rotatable bonds is 9. The lowest BCUT2D eigenvalue weighted by atomic mass is 9.85. The van der Waals surface area contributed by atoms with Gasteiger partial charge in [0.1, 0.15) is 5.75 Å². The van der Waals surface area contributed by atoms with Gasteiger partial charge in [-0.25, -0.2) is 0 Å². The molecule has 0 bridgehead atoms. The van der Waals surface area contributed by atoms with Crippen LogP contribution < -0.4 is 9.33 Å². The number of carbonyl (C=O) groups is 3. The molecule has 1 amide bonds. The molecule has 1 aliphatic rings. The highest BCUT2D eigenvalue weighted by molar-refractivity contribution is 6.78. The van der Waals surface area contributed by atoms with Crippen LogP contribution in [0.15, 0.2) is 24.3 Å². The summed E-state index contributed by atoms with van der Waals surface area (Å²) in [4.78, 5) is 40.6. The summed E-state index contributed by atoms with van der Waals surface area (Å²) in [5.74, 6) is -1.03. The average molecular weight is 462 g/mol. The van der Waals surface area contributed by atoms with E-state index in [9.17, 15) is 14.4 Å². The Hall–Kier alpha value is -2.15. The lowest BCUT2D eigenvalue weighted by Gasteiger charge is -2.42. The van der Waals surface area contributed by atoms with Crippen molar-refractivity contribution in [2.24, 2.45) is 5.41 Å². The summed E-state index contributed by atoms with van der Waals surface area (Å²) >= 11 is 0. The van der Waals surface area contributed by atoms with E-state index in [1.807, 2.05) is 25.1 Å². The summed E-state index contributed by atoms with van der Waals surface area (Å²) in [5, 5.41) is 0. The van der Waals surface area contributed by atoms with Crippen molar-refractivity contribution in [2.45, 2.75) is 91.4 Å². The highest BCUT2D eigenvalue weighted by atomic mass is 28.4. The first kappa shape index (κ1) is 26.1. The predicted molar refractivity (Wildman–Crippen MR) is 129 cm³/mol. The first-order valence-corrected chi connectivity index (χ1v) is 13.9. The van der Waals surface area contributed by atoms with Gasteiger partial charge in [0.15, 0.2) is 5.78 Å². The maximum absolute atomic E-state index is 13.4. The number of ether oxygens (including phenoxy) is 1. The summed E-state index contributed by atoms with van der Waals surface area (Å²) in [6.07, 6.45) is 0.410. The van der Waals surface area contributed by atoms with Crippen molar-refractivity contribution in [1.29, 1.82) is 0 Å². The van der Waals surface area contributed by atoms with Gasteiger partial charge < -0.3 is 14.1 Å². The molecule has 2 unspecified atom stereocenters. The van der Waals surface area contributed by atoms with Crippen LogP contribution in [0.3, 0.4) is 0 Å². The van der Waals surface area contributed by atoms with Crippen LogP contribution in [0.5, 0.6) is 5.75 Å². The summed E-state index contributed by atoms with van der Waals surface area (Å²) in [6.45, 7) is 18.3. The van der Waals surface area contributed by atoms with Crippen LogP contribution in [-0.2, 0) is 19.1 Å². The molecule has 7 heteroatoms. The number of carbonyl (C=O) groups excluding carboxylic acids is 3. The van der Waals surface area contributed by atoms with E-state index in [-0.39, 0.29) is 6.61 Å². The number of nitrogens with zero attached hydrogens (tertiary/aromatic N) is 1. The average Bonchev–Trinajstić information content (AvgIpc) is 2.92. The van der Waals surface area contributed by atoms with Gasteiger partial charge in [0.25, 0.3) is 14.2 Å². The van der Waals surface area contributed by atoms with Gasteiger partial charge in [0.05, 0.1) is 12.6 Å². The molecule has 2 atom stereocenters. The van der Waals surface area contributed by atoms with Crippen molar-refractivity contribution in [1.82, 2.24) is 0 Å². The zero-order valence-electron chi connectivity index (χ0n) is 21.0. The van der Waals surface area contributed by atoms with Crippen LogP contribution in [0.4, 0.5) is 5.69 Å². The third-order valence-electron chi connectivity index (χ3n) is 6.92. The minimum absolute atomic E-state index is 0.113. The fourth-order valence-electron chi connectivity index (χ4n) is 5.32. The largest absolute Gasteiger partial charge is 0.543 e. The minimum atomic E-state index is -2.19. The third-order valence-corrected chi connectivity index (χ3v) is 12.9. The van der Waals surface area contributed by atoms with E-state index in [0.717, 1.165) is 0 Å². The molecule has 1 heterocycles. The molecule has 2 rings (SSSR count). The highest BCUT2D eigenvalue weighted by Gasteiger charge is 2.61. The van der Waals surface area contributed by atoms with Gasteiger partial charge in [-0.3, -0.25) is 14.4 Å². The molecule has 0 N–H and O–H groups in total. The monoisotopic (exact) mass is 461 g/mol. The standard InChI is InChI=1S/C25H39NO5Si/c1-10-21-22(27)25(9,24(29)30-11-2)23(28)26(21)19-13-12-14-20(15-19)31-32(16(3)4,17(5)6)18(7)8/h12-18,21H,10-11H2,1-9H3. The molecule has 1 aromatic rings. The molecule has 0 aromatic heterocycles. The molecule has 0 saturated carbocycles. The van der Waals surface area contributed by atoms with Gasteiger partial charge in [-0.15, -0.1) is 0 Å². The Bertz CT molecular complexity index is 844. The molecular weight excluding hydrogens is 422 g/mol. The van der Waals surface area contributed by atoms with Crippen molar-refractivity contribution in [2.75, 3.05) is 11.5 Å². The maximum atomic E-state index is 13.4. The summed E-state index contributed by atoms with van der Waals surface area (Å²) in [7, 11) is -2.19. The predicted octanol–water partition coefficient (Wildman–Crippen LogP) is 5.50. The lowest BCUT2D eigenvalue weighted by Crippen LogP contribution is -2.50. The number of amides is 1. The first-order chi connectivity index (χ1) is 14.9. The van der Waals surface area contributed by atoms with Crippen LogP contribution in [0.2, 0.25) is 16.6 Å². The van der Waals surface area contributed by atoms with Gasteiger partial charge in [-0.1, -0.05) is 54.5 Å². The van der Waals surface area contributed by atoms with Gasteiger partial charge in [-0.05, 0) is 49.0 Å². The van der Waals surface area contributed by atoms with E-state index in [1.165, 1.54) is 11.8 Å². The van der Waals surface area contributed by atoms with Crippen molar-refractivity contribution in [3.05, 3.63) is 24.3 Å². The van der Waals surface area contributed by atoms with E-state index in [4.69, 9.17) is 9.16 Å². The van der Waals surface area contributed by atoms with Crippen molar-refractivity contribution in [3.8, 4) is 5.75 Å². The summed E-state index contributed by atoms with van der Waals surface area (Å²) in [5.41, 5.74) is -0.0512. The molecule has 1 aliphatic heterocycles. The smallest absolute Gasteiger partial charge is 0.329 e. The van der Waals surface area contributed by atoms with Crippen LogP contribution in [0, 0.1) is 5.41 Å². The number of benzene rings is 1. The van der Waals surface area contributed by atoms with Crippen molar-refractivity contribution >= 4 is 31.7 Å². The Morgan fingerprint density at radius 1 is 1.06 bits per heavy atom. The number of hydrogen-bond acceptors (Lipinski definition) is 5. The first-order valence-electron chi connectivity index (χ1n) is 11.7. The van der Waals surface area contributed by atoms with Crippen LogP contribution >= 0.6 is 0 Å². The number of hydrogen-bond donors (Lipinski definition) is 0. The number of anilines is 1. The number of ketones is 1. The van der Waals surface area contributed by atoms with Gasteiger partial charge in [0.2, 0.25) is 5.41 Å². The van der Waals surface area contributed by atoms with E-state index in [2.05, 4.69) is 41.5 Å². The molecule has 1 saturated heterocycles. The van der Waals surface area contributed by atoms with E-state index in [1.54, 1.807) is 13.0 Å². The minimum Gasteiger partial charge on any atom is -0.543 e. The van der Waals surface area contributed by atoms with E-state index in [0.29, 0.717) is 34.5 Å². The Kier molecular flexibility index (Phi) is 7.97. The number of Topliss-reactive ketones (excluding diaryl/α,β-unsaturated/α-hetero) is 1. The van der Waals surface area contributed by atoms with E-state index < -0.39 is 37.4 Å². The molecule has 0 spiro atoms. The topological polar surface area (TPSA) is 72.9 Å². The Balaban J connectivity index is 2.51. The zero-order chi connectivity index (χ0) is 24.4. The molecule has 0 radical (unpaired) electrons. The fourth-order valence-corrected chi connectivity index (χ4v) is 10.6. The summed E-state index contributed by atoms with van der Waals surface area (Å²) < 4.78 is 11.9. The van der Waals surface area contributed by atoms with Crippen LogP contribution in [0.1, 0.15) is 68.7 Å². The SMILES string of the molecule is CCOC(=O)C1(C)C(=O)C(CC)N(c2cccc(O[Si](C(C)C)(C(C)C)C(C)C)c2)C1=O. The van der Waals surface area contributed by atoms with Crippen LogP contribution in [-0.4, -0.2) is 38.6 Å². The normalized spacial score (nSPS) is 21.8. The number of esters is 1. The van der Waals surface area contributed by atoms with Gasteiger partial charge in [-0.2, -0.15) is 0 Å². The Morgan fingerprint density at radius 3 is 2.09 bits per heavy atom. The quantitative estimate of drug-likeness (QED) is 0.276. The maximum Gasteiger partial charge on any atom is 0.329 e. The zero-order valence-corrected chi connectivity index (χ0v) is 22.0. The van der Waals surface area contributed by atoms with E-state index >= 15 is 0 Å². The summed E-state index contributed by atoms with van der Waals surface area (Å²) in [6, 6.07) is 6.66. The molecule has 32 heavy (non-hydrogen) atoms. The second-order valence-corrected chi connectivity index (χ2v) is 15.1. The fraction of sp³-hybridized carbons (Fsp3) is 0.640. The molecule has 0 aliphatic carbocycles. The van der Waals surface area contributed by atoms with Crippen LogP contribution in [0.25, 0.3) is 0 Å². The third kappa shape index (κ3) is 4.11. The second-order valence-electron chi connectivity index (χ2n) is 9.73. The molecule has 6 nitrogen and oxygen atoms in total. The van der Waals surface area contributed by atoms with Crippen molar-refractivity contribution < 1.29 is 23.5 Å². The van der Waals surface area contributed by atoms with Gasteiger partial charge >= 0.3 is 5.97 Å². The molecule has 1 fully saturated rings. The second kappa shape index (κ2) is 9.77. The highest BCUT2D eigenvalue weighted by Crippen LogP contribution is 2.44. The van der Waals surface area contributed by atoms with Gasteiger partial charge in [0, 0.05) is 11.8 Å². The van der Waals surface area contributed by atoms with Crippen molar-refractivity contribution in [3.63, 3.8) is 0 Å². The Labute approximate surface area is 193 Å². The molecule has 178 valence electrons.